The number of methoxy groups -OCH3 is 1. The maximum Gasteiger partial charge on any atom is 0.121 e. The molecule has 0 saturated heterocycles. The second kappa shape index (κ2) is 5.78. The topological polar surface area (TPSA) is 27.1 Å². The number of nitrogens with zero attached hydrogens (tertiary/aromatic N) is 2. The average Bonchev–Trinajstić information content (AvgIpc) is 2.85. The molecule has 108 valence electrons. The summed E-state index contributed by atoms with van der Waals surface area (Å²) in [6, 6.07) is 14.4. The maximum absolute atomic E-state index is 5.93. The van der Waals surface area contributed by atoms with E-state index >= 15 is 0 Å². The van der Waals surface area contributed by atoms with Gasteiger partial charge < -0.3 is 4.74 Å². The molecule has 21 heavy (non-hydrogen) atoms. The Morgan fingerprint density at radius 3 is 2.57 bits per heavy atom. The zero-order valence-electron chi connectivity index (χ0n) is 12.1. The molecule has 0 unspecified atom stereocenters. The monoisotopic (exact) mass is 300 g/mol. The Hall–Kier alpha value is -2.00. The Morgan fingerprint density at radius 2 is 1.90 bits per heavy atom. The summed E-state index contributed by atoms with van der Waals surface area (Å²) in [5.41, 5.74) is 4.34. The van der Waals surface area contributed by atoms with Gasteiger partial charge >= 0.3 is 0 Å². The zero-order chi connectivity index (χ0) is 14.8. The van der Waals surface area contributed by atoms with Crippen LogP contribution in [0.1, 0.15) is 11.4 Å². The minimum atomic E-state index is 0.548. The number of benzene rings is 2. The van der Waals surface area contributed by atoms with Gasteiger partial charge in [-0.25, -0.2) is 4.98 Å². The molecule has 0 spiro atoms. The highest BCUT2D eigenvalue weighted by Crippen LogP contribution is 2.25. The number of rotatable bonds is 4. The summed E-state index contributed by atoms with van der Waals surface area (Å²) in [5.74, 6) is 2.33. The predicted octanol–water partition coefficient (Wildman–Crippen LogP) is 4.12. The van der Waals surface area contributed by atoms with E-state index in [2.05, 4.69) is 35.8 Å². The van der Waals surface area contributed by atoms with Gasteiger partial charge in [0, 0.05) is 24.1 Å². The van der Waals surface area contributed by atoms with Gasteiger partial charge in [0.05, 0.1) is 18.1 Å². The summed E-state index contributed by atoms with van der Waals surface area (Å²) in [6.45, 7) is 2.08. The van der Waals surface area contributed by atoms with Crippen molar-refractivity contribution >= 4 is 22.6 Å². The summed E-state index contributed by atoms with van der Waals surface area (Å²) >= 11 is 5.93. The Kier molecular flexibility index (Phi) is 3.84. The van der Waals surface area contributed by atoms with Crippen LogP contribution >= 0.6 is 11.6 Å². The third-order valence-corrected chi connectivity index (χ3v) is 3.73. The lowest BCUT2D eigenvalue weighted by Crippen LogP contribution is -2.02. The molecular formula is C17H17ClN2O. The van der Waals surface area contributed by atoms with Crippen LogP contribution in [0.25, 0.3) is 16.7 Å². The fourth-order valence-corrected chi connectivity index (χ4v) is 2.64. The van der Waals surface area contributed by atoms with Crippen molar-refractivity contribution in [1.29, 1.82) is 0 Å². The lowest BCUT2D eigenvalue weighted by Gasteiger charge is -2.09. The van der Waals surface area contributed by atoms with Crippen LogP contribution in [0.15, 0.2) is 42.5 Å². The van der Waals surface area contributed by atoms with Gasteiger partial charge in [-0.1, -0.05) is 17.7 Å². The van der Waals surface area contributed by atoms with Gasteiger partial charge in [-0.3, -0.25) is 4.57 Å². The van der Waals surface area contributed by atoms with Crippen molar-refractivity contribution in [3.8, 4) is 11.4 Å². The summed E-state index contributed by atoms with van der Waals surface area (Å²) < 4.78 is 7.44. The van der Waals surface area contributed by atoms with E-state index in [0.29, 0.717) is 5.88 Å². The van der Waals surface area contributed by atoms with E-state index in [1.165, 1.54) is 5.56 Å². The minimum absolute atomic E-state index is 0.548. The van der Waals surface area contributed by atoms with Crippen molar-refractivity contribution in [3.63, 3.8) is 0 Å². The van der Waals surface area contributed by atoms with Crippen molar-refractivity contribution in [3.05, 3.63) is 53.9 Å². The number of imidazole rings is 1. The molecule has 0 amide bonds. The number of alkyl halides is 1. The number of fused-ring (bicyclic) bond motifs is 1. The number of aromatic nitrogens is 2. The van der Waals surface area contributed by atoms with Gasteiger partial charge in [0.2, 0.25) is 0 Å². The lowest BCUT2D eigenvalue weighted by atomic mass is 10.2. The van der Waals surface area contributed by atoms with E-state index in [0.717, 1.165) is 34.7 Å². The first-order chi connectivity index (χ1) is 10.2. The normalized spacial score (nSPS) is 11.0. The van der Waals surface area contributed by atoms with Crippen LogP contribution in [-0.2, 0) is 6.42 Å². The molecule has 0 aliphatic heterocycles. The number of hydrogen-bond acceptors (Lipinski definition) is 2. The summed E-state index contributed by atoms with van der Waals surface area (Å²) in [4.78, 5) is 4.71. The van der Waals surface area contributed by atoms with Crippen LogP contribution in [0.5, 0.6) is 5.75 Å². The first kappa shape index (κ1) is 14.0. The van der Waals surface area contributed by atoms with Crippen molar-refractivity contribution in [2.24, 2.45) is 0 Å². The third kappa shape index (κ3) is 2.61. The summed E-state index contributed by atoms with van der Waals surface area (Å²) in [5, 5.41) is 0. The summed E-state index contributed by atoms with van der Waals surface area (Å²) in [6.07, 6.45) is 0.729. The fraction of sp³-hybridized carbons (Fsp3) is 0.235. The van der Waals surface area contributed by atoms with E-state index in [1.54, 1.807) is 7.11 Å². The molecule has 1 heterocycles. The molecule has 2 aromatic carbocycles. The van der Waals surface area contributed by atoms with Gasteiger partial charge in [0.1, 0.15) is 11.6 Å². The van der Waals surface area contributed by atoms with E-state index in [1.807, 2.05) is 18.2 Å². The van der Waals surface area contributed by atoms with Crippen molar-refractivity contribution < 1.29 is 4.74 Å². The molecule has 0 fully saturated rings. The molecule has 0 saturated carbocycles. The van der Waals surface area contributed by atoms with Gasteiger partial charge in [-0.2, -0.15) is 0 Å². The number of hydrogen-bond donors (Lipinski definition) is 0. The molecule has 0 atom stereocenters. The molecule has 3 aromatic rings. The molecular weight excluding hydrogens is 284 g/mol. The number of halogens is 1. The van der Waals surface area contributed by atoms with E-state index < -0.39 is 0 Å². The molecule has 4 heteroatoms. The molecule has 0 aliphatic carbocycles. The second-order valence-electron chi connectivity index (χ2n) is 4.99. The van der Waals surface area contributed by atoms with Crippen LogP contribution in [0, 0.1) is 6.92 Å². The molecule has 0 bridgehead atoms. The second-order valence-corrected chi connectivity index (χ2v) is 5.37. The predicted molar refractivity (Wildman–Crippen MR) is 86.8 cm³/mol. The van der Waals surface area contributed by atoms with Gasteiger partial charge in [0.15, 0.2) is 0 Å². The highest BCUT2D eigenvalue weighted by molar-refractivity contribution is 6.17. The minimum Gasteiger partial charge on any atom is -0.497 e. The standard InChI is InChI=1S/C17H17ClN2O/c1-12-3-5-13(6-4-12)20-16-8-7-14(21-2)11-15(16)19-17(20)9-10-18/h3-8,11H,9-10H2,1-2H3. The Bertz CT molecular complexity index is 762. The Labute approximate surface area is 129 Å². The molecule has 3 rings (SSSR count). The first-order valence-corrected chi connectivity index (χ1v) is 7.45. The molecule has 3 nitrogen and oxygen atoms in total. The van der Waals surface area contributed by atoms with Gasteiger partial charge in [-0.05, 0) is 31.2 Å². The molecule has 0 N–H and O–H groups in total. The van der Waals surface area contributed by atoms with Crippen LogP contribution in [0.2, 0.25) is 0 Å². The van der Waals surface area contributed by atoms with Gasteiger partial charge in [0.25, 0.3) is 0 Å². The van der Waals surface area contributed by atoms with Gasteiger partial charge in [-0.15, -0.1) is 11.6 Å². The highest BCUT2D eigenvalue weighted by Gasteiger charge is 2.12. The zero-order valence-corrected chi connectivity index (χ0v) is 12.9. The van der Waals surface area contributed by atoms with Crippen LogP contribution < -0.4 is 4.74 Å². The Balaban J connectivity index is 2.22. The number of ether oxygens (including phenoxy) is 1. The molecule has 0 radical (unpaired) electrons. The SMILES string of the molecule is COc1ccc2c(c1)nc(CCCl)n2-c1ccc(C)cc1. The molecule has 0 aliphatic rings. The van der Waals surface area contributed by atoms with Crippen LogP contribution in [0.3, 0.4) is 0 Å². The largest absolute Gasteiger partial charge is 0.497 e. The fourth-order valence-electron chi connectivity index (χ4n) is 2.47. The first-order valence-electron chi connectivity index (χ1n) is 6.91. The van der Waals surface area contributed by atoms with Crippen LogP contribution in [-0.4, -0.2) is 22.5 Å². The third-order valence-electron chi connectivity index (χ3n) is 3.54. The lowest BCUT2D eigenvalue weighted by molar-refractivity contribution is 0.415. The van der Waals surface area contributed by atoms with E-state index in [4.69, 9.17) is 21.3 Å². The van der Waals surface area contributed by atoms with E-state index in [-0.39, 0.29) is 0 Å². The number of aryl methyl sites for hydroxylation is 2. The van der Waals surface area contributed by atoms with E-state index in [9.17, 15) is 0 Å². The maximum atomic E-state index is 5.93. The Morgan fingerprint density at radius 1 is 1.14 bits per heavy atom. The van der Waals surface area contributed by atoms with Crippen molar-refractivity contribution in [2.45, 2.75) is 13.3 Å². The van der Waals surface area contributed by atoms with Crippen molar-refractivity contribution in [1.82, 2.24) is 9.55 Å². The molecule has 1 aromatic heterocycles. The quantitative estimate of drug-likeness (QED) is 0.678. The van der Waals surface area contributed by atoms with Crippen molar-refractivity contribution in [2.75, 3.05) is 13.0 Å². The highest BCUT2D eigenvalue weighted by atomic mass is 35.5. The van der Waals surface area contributed by atoms with Crippen LogP contribution in [0.4, 0.5) is 0 Å². The average molecular weight is 301 g/mol. The summed E-state index contributed by atoms with van der Waals surface area (Å²) in [7, 11) is 1.66. The smallest absolute Gasteiger partial charge is 0.121 e.